The van der Waals surface area contributed by atoms with Gasteiger partial charge >= 0.3 is 5.69 Å². The molecule has 0 aromatic carbocycles. The minimum atomic E-state index is -0.432. The van der Waals surface area contributed by atoms with Gasteiger partial charge < -0.3 is 10.7 Å². The molecule has 1 heterocycles. The normalized spacial score (nSPS) is 12.6. The molecule has 0 aliphatic carbocycles. The zero-order valence-corrected chi connectivity index (χ0v) is 10.3. The maximum absolute atomic E-state index is 11.1. The van der Waals surface area contributed by atoms with Crippen LogP contribution in [-0.2, 0) is 6.42 Å². The molecule has 0 radical (unpaired) electrons. The molecular formula is C12H21N3O2. The van der Waals surface area contributed by atoms with E-state index < -0.39 is 5.69 Å². The summed E-state index contributed by atoms with van der Waals surface area (Å²) in [5.74, 6) is 0.577. The molecule has 0 saturated carbocycles. The Morgan fingerprint density at radius 2 is 2.00 bits per heavy atom. The van der Waals surface area contributed by atoms with Crippen molar-refractivity contribution in [2.45, 2.75) is 39.0 Å². The second-order valence-electron chi connectivity index (χ2n) is 4.38. The van der Waals surface area contributed by atoms with Gasteiger partial charge in [0.25, 0.3) is 5.56 Å². The Hall–Kier alpha value is -1.36. The molecule has 1 unspecified atom stereocenters. The number of hydrogen-bond donors (Lipinski definition) is 3. The molecular weight excluding hydrogens is 218 g/mol. The van der Waals surface area contributed by atoms with Crippen LogP contribution in [0.15, 0.2) is 15.7 Å². The Bertz CT molecular complexity index is 402. The van der Waals surface area contributed by atoms with E-state index in [0.717, 1.165) is 32.1 Å². The van der Waals surface area contributed by atoms with Gasteiger partial charge in [0.2, 0.25) is 0 Å². The third kappa shape index (κ3) is 4.99. The first-order chi connectivity index (χ1) is 8.15. The molecule has 5 heteroatoms. The Labute approximate surface area is 100 Å². The van der Waals surface area contributed by atoms with Gasteiger partial charge in [0.05, 0.1) is 0 Å². The third-order valence-electron chi connectivity index (χ3n) is 2.91. The third-order valence-corrected chi connectivity index (χ3v) is 2.91. The van der Waals surface area contributed by atoms with Crippen molar-refractivity contribution >= 4 is 0 Å². The summed E-state index contributed by atoms with van der Waals surface area (Å²) in [6.07, 6.45) is 4.97. The largest absolute Gasteiger partial charge is 0.330 e. The van der Waals surface area contributed by atoms with Crippen LogP contribution in [0.5, 0.6) is 0 Å². The Kier molecular flexibility index (Phi) is 5.69. The molecule has 0 fully saturated rings. The predicted molar refractivity (Wildman–Crippen MR) is 68.1 cm³/mol. The molecule has 0 saturated heterocycles. The van der Waals surface area contributed by atoms with Gasteiger partial charge in [-0.2, -0.15) is 0 Å². The minimum absolute atomic E-state index is 0.338. The van der Waals surface area contributed by atoms with Gasteiger partial charge in [0.15, 0.2) is 0 Å². The van der Waals surface area contributed by atoms with E-state index in [1.54, 1.807) is 0 Å². The summed E-state index contributed by atoms with van der Waals surface area (Å²) >= 11 is 0. The summed E-state index contributed by atoms with van der Waals surface area (Å²) < 4.78 is 0. The van der Waals surface area contributed by atoms with Gasteiger partial charge in [-0.3, -0.25) is 9.78 Å². The number of nitrogens with two attached hydrogens (primary N) is 1. The van der Waals surface area contributed by atoms with E-state index >= 15 is 0 Å². The molecule has 1 aromatic rings. The number of aromatic amines is 2. The van der Waals surface area contributed by atoms with E-state index in [0.29, 0.717) is 18.2 Å². The van der Waals surface area contributed by atoms with Gasteiger partial charge in [0, 0.05) is 11.8 Å². The topological polar surface area (TPSA) is 91.7 Å². The van der Waals surface area contributed by atoms with Crippen molar-refractivity contribution in [3.8, 4) is 0 Å². The molecule has 4 N–H and O–H groups in total. The molecule has 0 spiro atoms. The Morgan fingerprint density at radius 1 is 1.24 bits per heavy atom. The second-order valence-corrected chi connectivity index (χ2v) is 4.38. The predicted octanol–water partition coefficient (Wildman–Crippen LogP) is 0.761. The number of aryl methyl sites for hydroxylation is 1. The van der Waals surface area contributed by atoms with Gasteiger partial charge in [-0.15, -0.1) is 0 Å². The van der Waals surface area contributed by atoms with Crippen LogP contribution in [-0.4, -0.2) is 16.5 Å². The lowest BCUT2D eigenvalue weighted by molar-refractivity contribution is 0.419. The van der Waals surface area contributed by atoms with Crippen LogP contribution in [0.25, 0.3) is 0 Å². The molecule has 0 aliphatic rings. The van der Waals surface area contributed by atoms with Gasteiger partial charge in [-0.25, -0.2) is 4.79 Å². The lowest BCUT2D eigenvalue weighted by Crippen LogP contribution is -2.23. The molecule has 0 bridgehead atoms. The Morgan fingerprint density at radius 3 is 2.59 bits per heavy atom. The van der Waals surface area contributed by atoms with Crippen molar-refractivity contribution in [2.24, 2.45) is 11.7 Å². The zero-order valence-electron chi connectivity index (χ0n) is 10.3. The van der Waals surface area contributed by atoms with E-state index in [1.165, 1.54) is 6.07 Å². The van der Waals surface area contributed by atoms with Crippen molar-refractivity contribution in [1.82, 2.24) is 9.97 Å². The summed E-state index contributed by atoms with van der Waals surface area (Å²) in [5.41, 5.74) is 5.50. The first-order valence-corrected chi connectivity index (χ1v) is 6.18. The van der Waals surface area contributed by atoms with Crippen LogP contribution in [0.1, 0.15) is 38.3 Å². The molecule has 96 valence electrons. The SMILES string of the molecule is CCCC(CCN)CCc1cc(=O)[nH]c(=O)[nH]1. The van der Waals surface area contributed by atoms with E-state index in [-0.39, 0.29) is 5.56 Å². The second kappa shape index (κ2) is 7.06. The first-order valence-electron chi connectivity index (χ1n) is 6.18. The van der Waals surface area contributed by atoms with E-state index in [2.05, 4.69) is 16.9 Å². The van der Waals surface area contributed by atoms with Crippen LogP contribution in [0, 0.1) is 5.92 Å². The fourth-order valence-electron chi connectivity index (χ4n) is 2.09. The van der Waals surface area contributed by atoms with Crippen molar-refractivity contribution in [3.05, 3.63) is 32.6 Å². The molecule has 5 nitrogen and oxygen atoms in total. The fourth-order valence-corrected chi connectivity index (χ4v) is 2.09. The number of H-pyrrole nitrogens is 2. The number of rotatable bonds is 7. The van der Waals surface area contributed by atoms with E-state index in [9.17, 15) is 9.59 Å². The summed E-state index contributed by atoms with van der Waals surface area (Å²) in [7, 11) is 0. The highest BCUT2D eigenvalue weighted by molar-refractivity contribution is 4.98. The summed E-state index contributed by atoms with van der Waals surface area (Å²) in [6, 6.07) is 1.45. The average molecular weight is 239 g/mol. The fraction of sp³-hybridized carbons (Fsp3) is 0.667. The highest BCUT2D eigenvalue weighted by atomic mass is 16.2. The molecule has 0 amide bonds. The van der Waals surface area contributed by atoms with Gasteiger partial charge in [-0.1, -0.05) is 19.8 Å². The lowest BCUT2D eigenvalue weighted by Gasteiger charge is -2.14. The van der Waals surface area contributed by atoms with E-state index in [4.69, 9.17) is 5.73 Å². The maximum atomic E-state index is 11.1. The first kappa shape index (κ1) is 13.7. The van der Waals surface area contributed by atoms with Crippen LogP contribution < -0.4 is 17.0 Å². The molecule has 1 aromatic heterocycles. The molecule has 17 heavy (non-hydrogen) atoms. The molecule has 1 atom stereocenters. The summed E-state index contributed by atoms with van der Waals surface area (Å²) in [6.45, 7) is 2.84. The van der Waals surface area contributed by atoms with E-state index in [1.807, 2.05) is 0 Å². The smallest absolute Gasteiger partial charge is 0.325 e. The lowest BCUT2D eigenvalue weighted by atomic mass is 9.94. The van der Waals surface area contributed by atoms with Crippen molar-refractivity contribution in [1.29, 1.82) is 0 Å². The highest BCUT2D eigenvalue weighted by Gasteiger charge is 2.07. The van der Waals surface area contributed by atoms with Crippen molar-refractivity contribution in [2.75, 3.05) is 6.54 Å². The number of aromatic nitrogens is 2. The maximum Gasteiger partial charge on any atom is 0.325 e. The van der Waals surface area contributed by atoms with Crippen LogP contribution in [0.3, 0.4) is 0 Å². The van der Waals surface area contributed by atoms with Crippen LogP contribution in [0.2, 0.25) is 0 Å². The average Bonchev–Trinajstić information content (AvgIpc) is 2.25. The van der Waals surface area contributed by atoms with Crippen LogP contribution >= 0.6 is 0 Å². The summed E-state index contributed by atoms with van der Waals surface area (Å²) in [4.78, 5) is 27.0. The van der Waals surface area contributed by atoms with Gasteiger partial charge in [0.1, 0.15) is 0 Å². The standard InChI is InChI=1S/C12H21N3O2/c1-2-3-9(6-7-13)4-5-10-8-11(16)15-12(17)14-10/h8-9H,2-7,13H2,1H3,(H2,14,15,16,17). The summed E-state index contributed by atoms with van der Waals surface area (Å²) in [5, 5.41) is 0. The van der Waals surface area contributed by atoms with Crippen molar-refractivity contribution < 1.29 is 0 Å². The van der Waals surface area contributed by atoms with Crippen LogP contribution in [0.4, 0.5) is 0 Å². The monoisotopic (exact) mass is 239 g/mol. The molecule has 1 rings (SSSR count). The number of nitrogens with one attached hydrogen (secondary N) is 2. The Balaban J connectivity index is 2.58. The zero-order chi connectivity index (χ0) is 12.7. The molecule has 0 aliphatic heterocycles. The van der Waals surface area contributed by atoms with Gasteiger partial charge in [-0.05, 0) is 31.7 Å². The minimum Gasteiger partial charge on any atom is -0.330 e. The highest BCUT2D eigenvalue weighted by Crippen LogP contribution is 2.16. The number of hydrogen-bond acceptors (Lipinski definition) is 3. The van der Waals surface area contributed by atoms with Crippen molar-refractivity contribution in [3.63, 3.8) is 0 Å². The quantitative estimate of drug-likeness (QED) is 0.656.